The number of fused-ring (bicyclic) bond motifs is 1. The molecule has 1 aliphatic rings. The van der Waals surface area contributed by atoms with E-state index in [2.05, 4.69) is 9.88 Å². The number of non-ortho nitro benzene ring substituents is 1. The lowest BCUT2D eigenvalue weighted by molar-refractivity contribution is -0.384. The first-order valence-electron chi connectivity index (χ1n) is 11.1. The van der Waals surface area contributed by atoms with Crippen LogP contribution in [0.5, 0.6) is 0 Å². The number of anilines is 1. The van der Waals surface area contributed by atoms with Crippen molar-refractivity contribution < 1.29 is 9.72 Å². The Kier molecular flexibility index (Phi) is 5.63. The van der Waals surface area contributed by atoms with Crippen molar-refractivity contribution in [3.05, 3.63) is 94.3 Å². The topological polar surface area (TPSA) is 92.5 Å². The van der Waals surface area contributed by atoms with Crippen molar-refractivity contribution in [2.24, 2.45) is 0 Å². The van der Waals surface area contributed by atoms with Crippen LogP contribution in [0.2, 0.25) is 0 Å². The van der Waals surface area contributed by atoms with E-state index in [1.807, 2.05) is 48.2 Å². The highest BCUT2D eigenvalue weighted by atomic mass is 16.6. The van der Waals surface area contributed by atoms with E-state index in [9.17, 15) is 14.9 Å². The number of amides is 1. The third kappa shape index (κ3) is 4.05. The van der Waals surface area contributed by atoms with Gasteiger partial charge in [-0.2, -0.15) is 0 Å². The Morgan fingerprint density at radius 3 is 2.44 bits per heavy atom. The molecule has 1 aliphatic heterocycles. The molecule has 0 unspecified atom stereocenters. The van der Waals surface area contributed by atoms with Crippen molar-refractivity contribution in [2.45, 2.75) is 6.92 Å². The number of para-hydroxylation sites is 1. The molecule has 0 atom stereocenters. The van der Waals surface area contributed by atoms with Crippen LogP contribution in [0.3, 0.4) is 0 Å². The number of piperazine rings is 1. The fraction of sp³-hybridized carbons (Fsp3) is 0.192. The molecule has 8 nitrogen and oxygen atoms in total. The van der Waals surface area contributed by atoms with Gasteiger partial charge >= 0.3 is 0 Å². The molecule has 0 aliphatic carbocycles. The van der Waals surface area contributed by atoms with Crippen LogP contribution >= 0.6 is 0 Å². The number of pyridine rings is 2. The van der Waals surface area contributed by atoms with E-state index in [4.69, 9.17) is 4.98 Å². The quantitative estimate of drug-likeness (QED) is 0.334. The number of nitrogens with zero attached hydrogens (tertiary/aromatic N) is 5. The Hall–Kier alpha value is -4.33. The van der Waals surface area contributed by atoms with Crippen LogP contribution < -0.4 is 4.90 Å². The minimum Gasteiger partial charge on any atom is -0.368 e. The van der Waals surface area contributed by atoms with E-state index in [0.29, 0.717) is 31.7 Å². The predicted molar refractivity (Wildman–Crippen MR) is 131 cm³/mol. The summed E-state index contributed by atoms with van der Waals surface area (Å²) in [5.41, 5.74) is 5.05. The zero-order valence-electron chi connectivity index (χ0n) is 18.7. The zero-order chi connectivity index (χ0) is 23.7. The molecule has 0 radical (unpaired) electrons. The second-order valence-electron chi connectivity index (χ2n) is 8.32. The Balaban J connectivity index is 1.41. The van der Waals surface area contributed by atoms with Crippen molar-refractivity contribution in [1.29, 1.82) is 0 Å². The second kappa shape index (κ2) is 8.90. The third-order valence-corrected chi connectivity index (χ3v) is 6.22. The SMILES string of the molecule is Cc1cccc2c(C(=O)N3CCN(c4ccc([N+](=O)[O-])cc4)CC3)cc(-c3cccnc3)nc12. The van der Waals surface area contributed by atoms with Gasteiger partial charge in [-0.25, -0.2) is 4.98 Å². The first-order valence-corrected chi connectivity index (χ1v) is 11.1. The van der Waals surface area contributed by atoms with Crippen molar-refractivity contribution >= 4 is 28.2 Å². The van der Waals surface area contributed by atoms with Gasteiger partial charge in [0, 0.05) is 67.3 Å². The standard InChI is InChI=1S/C26H23N5O3/c1-18-4-2-6-22-23(16-24(28-25(18)22)19-5-3-11-27-17-19)26(32)30-14-12-29(13-15-30)20-7-9-21(10-8-20)31(33)34/h2-11,16-17H,12-15H2,1H3. The highest BCUT2D eigenvalue weighted by molar-refractivity contribution is 6.07. The number of nitro groups is 1. The van der Waals surface area contributed by atoms with Crippen LogP contribution in [-0.4, -0.2) is 51.9 Å². The largest absolute Gasteiger partial charge is 0.368 e. The Bertz CT molecular complexity index is 1360. The minimum atomic E-state index is -0.402. The summed E-state index contributed by atoms with van der Waals surface area (Å²) in [6.45, 7) is 4.43. The lowest BCUT2D eigenvalue weighted by Gasteiger charge is -2.36. The van der Waals surface area contributed by atoms with Gasteiger partial charge in [0.25, 0.3) is 11.6 Å². The van der Waals surface area contributed by atoms with Crippen molar-refractivity contribution in [3.8, 4) is 11.3 Å². The molecule has 1 amide bonds. The van der Waals surface area contributed by atoms with Crippen LogP contribution in [0.25, 0.3) is 22.2 Å². The van der Waals surface area contributed by atoms with E-state index >= 15 is 0 Å². The molecule has 4 aromatic rings. The highest BCUT2D eigenvalue weighted by Gasteiger charge is 2.25. The second-order valence-corrected chi connectivity index (χ2v) is 8.32. The van der Waals surface area contributed by atoms with E-state index in [1.54, 1.807) is 24.5 Å². The molecule has 1 fully saturated rings. The Morgan fingerprint density at radius 2 is 1.76 bits per heavy atom. The van der Waals surface area contributed by atoms with Gasteiger partial charge in [-0.1, -0.05) is 18.2 Å². The maximum atomic E-state index is 13.7. The molecule has 170 valence electrons. The molecule has 3 heterocycles. The van der Waals surface area contributed by atoms with Gasteiger partial charge in [-0.05, 0) is 42.8 Å². The molecule has 0 spiro atoms. The van der Waals surface area contributed by atoms with Gasteiger partial charge in [0.05, 0.1) is 21.7 Å². The summed E-state index contributed by atoms with van der Waals surface area (Å²) in [4.78, 5) is 37.2. The van der Waals surface area contributed by atoms with Crippen LogP contribution in [0, 0.1) is 17.0 Å². The van der Waals surface area contributed by atoms with E-state index in [1.165, 1.54) is 12.1 Å². The fourth-order valence-electron chi connectivity index (χ4n) is 4.35. The molecule has 2 aromatic heterocycles. The average molecular weight is 454 g/mol. The number of hydrogen-bond acceptors (Lipinski definition) is 6. The summed E-state index contributed by atoms with van der Waals surface area (Å²) >= 11 is 0. The molecule has 8 heteroatoms. The molecule has 2 aromatic carbocycles. The van der Waals surface area contributed by atoms with Crippen LogP contribution in [0.1, 0.15) is 15.9 Å². The van der Waals surface area contributed by atoms with Gasteiger partial charge in [0.1, 0.15) is 0 Å². The van der Waals surface area contributed by atoms with Crippen LogP contribution in [-0.2, 0) is 0 Å². The van der Waals surface area contributed by atoms with Gasteiger partial charge in [-0.3, -0.25) is 19.9 Å². The highest BCUT2D eigenvalue weighted by Crippen LogP contribution is 2.28. The van der Waals surface area contributed by atoms with Crippen LogP contribution in [0.4, 0.5) is 11.4 Å². The van der Waals surface area contributed by atoms with Gasteiger partial charge in [-0.15, -0.1) is 0 Å². The smallest absolute Gasteiger partial charge is 0.269 e. The minimum absolute atomic E-state index is 0.0218. The molecule has 1 saturated heterocycles. The zero-order valence-corrected chi connectivity index (χ0v) is 18.7. The summed E-state index contributed by atoms with van der Waals surface area (Å²) < 4.78 is 0. The third-order valence-electron chi connectivity index (χ3n) is 6.22. The molecular formula is C26H23N5O3. The normalized spacial score (nSPS) is 13.8. The number of nitro benzene ring substituents is 1. The average Bonchev–Trinajstić information content (AvgIpc) is 2.89. The molecule has 0 N–H and O–H groups in total. The number of benzene rings is 2. The van der Waals surface area contributed by atoms with E-state index in [0.717, 1.165) is 33.4 Å². The summed E-state index contributed by atoms with van der Waals surface area (Å²) in [6.07, 6.45) is 3.47. The number of carbonyl (C=O) groups is 1. The lowest BCUT2D eigenvalue weighted by Crippen LogP contribution is -2.48. The summed E-state index contributed by atoms with van der Waals surface area (Å²) in [5, 5.41) is 11.8. The summed E-state index contributed by atoms with van der Waals surface area (Å²) in [6, 6.07) is 18.1. The molecule has 0 bridgehead atoms. The molecule has 5 rings (SSSR count). The first-order chi connectivity index (χ1) is 16.5. The summed E-state index contributed by atoms with van der Waals surface area (Å²) in [5.74, 6) is -0.0218. The van der Waals surface area contributed by atoms with Crippen molar-refractivity contribution in [2.75, 3.05) is 31.1 Å². The summed E-state index contributed by atoms with van der Waals surface area (Å²) in [7, 11) is 0. The van der Waals surface area contributed by atoms with Gasteiger partial charge in [0.15, 0.2) is 0 Å². The fourth-order valence-corrected chi connectivity index (χ4v) is 4.35. The van der Waals surface area contributed by atoms with Gasteiger partial charge < -0.3 is 9.80 Å². The molecular weight excluding hydrogens is 430 g/mol. The maximum absolute atomic E-state index is 13.7. The van der Waals surface area contributed by atoms with E-state index in [-0.39, 0.29) is 11.6 Å². The number of carbonyl (C=O) groups excluding carboxylic acids is 1. The number of aryl methyl sites for hydroxylation is 1. The number of rotatable bonds is 4. The van der Waals surface area contributed by atoms with Crippen molar-refractivity contribution in [1.82, 2.24) is 14.9 Å². The van der Waals surface area contributed by atoms with Crippen molar-refractivity contribution in [3.63, 3.8) is 0 Å². The number of aromatic nitrogens is 2. The number of hydrogen-bond donors (Lipinski definition) is 0. The monoisotopic (exact) mass is 453 g/mol. The Morgan fingerprint density at radius 1 is 1.00 bits per heavy atom. The predicted octanol–water partition coefficient (Wildman–Crippen LogP) is 4.48. The molecule has 0 saturated carbocycles. The molecule has 34 heavy (non-hydrogen) atoms. The van der Waals surface area contributed by atoms with Crippen LogP contribution in [0.15, 0.2) is 73.1 Å². The Labute approximate surface area is 196 Å². The van der Waals surface area contributed by atoms with Gasteiger partial charge in [0.2, 0.25) is 0 Å². The lowest BCUT2D eigenvalue weighted by atomic mass is 10.0. The maximum Gasteiger partial charge on any atom is 0.269 e. The van der Waals surface area contributed by atoms with E-state index < -0.39 is 4.92 Å². The first kappa shape index (κ1) is 21.5.